The first-order valence-corrected chi connectivity index (χ1v) is 5.56. The molecule has 2 rings (SSSR count). The standard InChI is InChI=1S/C13H16FN3/c1-9-3-4-11(14)7-10(9)8-12(15)13-5-6-17(2)16-13/h3-7,12H,8,15H2,1-2H3. The van der Waals surface area contributed by atoms with Crippen molar-refractivity contribution in [1.29, 1.82) is 0 Å². The number of hydrogen-bond acceptors (Lipinski definition) is 2. The highest BCUT2D eigenvalue weighted by Gasteiger charge is 2.11. The predicted octanol–water partition coefficient (Wildman–Crippen LogP) is 2.11. The molecule has 90 valence electrons. The monoisotopic (exact) mass is 233 g/mol. The molecule has 17 heavy (non-hydrogen) atoms. The Labute approximate surface area is 100 Å². The Bertz CT molecular complexity index is 519. The van der Waals surface area contributed by atoms with Crippen molar-refractivity contribution in [3.05, 3.63) is 53.1 Å². The average molecular weight is 233 g/mol. The van der Waals surface area contributed by atoms with E-state index in [-0.39, 0.29) is 11.9 Å². The van der Waals surface area contributed by atoms with Crippen molar-refractivity contribution in [3.63, 3.8) is 0 Å². The summed E-state index contributed by atoms with van der Waals surface area (Å²) in [6.07, 6.45) is 2.45. The number of nitrogens with two attached hydrogens (primary N) is 1. The van der Waals surface area contributed by atoms with Gasteiger partial charge in [0.1, 0.15) is 5.82 Å². The summed E-state index contributed by atoms with van der Waals surface area (Å²) in [4.78, 5) is 0. The van der Waals surface area contributed by atoms with Crippen molar-refractivity contribution >= 4 is 0 Å². The minimum atomic E-state index is -0.223. The van der Waals surface area contributed by atoms with E-state index in [0.717, 1.165) is 16.8 Å². The molecule has 1 heterocycles. The molecule has 4 heteroatoms. The number of aromatic nitrogens is 2. The van der Waals surface area contributed by atoms with Gasteiger partial charge in [0.05, 0.1) is 11.7 Å². The van der Waals surface area contributed by atoms with E-state index < -0.39 is 0 Å². The Hall–Kier alpha value is -1.68. The van der Waals surface area contributed by atoms with Crippen LogP contribution in [0.1, 0.15) is 22.9 Å². The number of halogens is 1. The lowest BCUT2D eigenvalue weighted by molar-refractivity contribution is 0.617. The van der Waals surface area contributed by atoms with Crippen LogP contribution in [0.5, 0.6) is 0 Å². The quantitative estimate of drug-likeness (QED) is 0.882. The Morgan fingerprint density at radius 1 is 1.41 bits per heavy atom. The van der Waals surface area contributed by atoms with Crippen LogP contribution in [-0.4, -0.2) is 9.78 Å². The number of nitrogens with zero attached hydrogens (tertiary/aromatic N) is 2. The van der Waals surface area contributed by atoms with Crippen LogP contribution in [0.25, 0.3) is 0 Å². The van der Waals surface area contributed by atoms with Crippen LogP contribution in [-0.2, 0) is 13.5 Å². The Morgan fingerprint density at radius 3 is 2.82 bits per heavy atom. The summed E-state index contributed by atoms with van der Waals surface area (Å²) >= 11 is 0. The molecule has 0 spiro atoms. The zero-order valence-electron chi connectivity index (χ0n) is 10.0. The minimum absolute atomic E-state index is 0.198. The third kappa shape index (κ3) is 2.71. The first kappa shape index (κ1) is 11.8. The van der Waals surface area contributed by atoms with Gasteiger partial charge in [-0.15, -0.1) is 0 Å². The van der Waals surface area contributed by atoms with E-state index in [2.05, 4.69) is 5.10 Å². The molecule has 0 aliphatic rings. The van der Waals surface area contributed by atoms with Crippen LogP contribution in [0.15, 0.2) is 30.5 Å². The van der Waals surface area contributed by atoms with Gasteiger partial charge in [-0.2, -0.15) is 5.10 Å². The van der Waals surface area contributed by atoms with Gasteiger partial charge in [0, 0.05) is 13.2 Å². The second-order valence-electron chi connectivity index (χ2n) is 4.30. The number of benzene rings is 1. The molecule has 1 unspecified atom stereocenters. The molecule has 0 aliphatic carbocycles. The molecule has 1 atom stereocenters. The lowest BCUT2D eigenvalue weighted by Crippen LogP contribution is -2.15. The number of aryl methyl sites for hydroxylation is 2. The van der Waals surface area contributed by atoms with E-state index in [0.29, 0.717) is 6.42 Å². The number of hydrogen-bond donors (Lipinski definition) is 1. The van der Waals surface area contributed by atoms with E-state index in [9.17, 15) is 4.39 Å². The lowest BCUT2D eigenvalue weighted by Gasteiger charge is -2.11. The van der Waals surface area contributed by atoms with Gasteiger partial charge in [-0.25, -0.2) is 4.39 Å². The zero-order valence-corrected chi connectivity index (χ0v) is 10.0. The van der Waals surface area contributed by atoms with Gasteiger partial charge in [0.2, 0.25) is 0 Å². The van der Waals surface area contributed by atoms with Crippen molar-refractivity contribution < 1.29 is 4.39 Å². The fourth-order valence-corrected chi connectivity index (χ4v) is 1.83. The summed E-state index contributed by atoms with van der Waals surface area (Å²) in [5.74, 6) is -0.223. The van der Waals surface area contributed by atoms with Crippen LogP contribution >= 0.6 is 0 Å². The summed E-state index contributed by atoms with van der Waals surface area (Å²) < 4.78 is 14.9. The van der Waals surface area contributed by atoms with Crippen molar-refractivity contribution in [2.45, 2.75) is 19.4 Å². The molecule has 0 aliphatic heterocycles. The average Bonchev–Trinajstić information content (AvgIpc) is 2.70. The van der Waals surface area contributed by atoms with E-state index >= 15 is 0 Å². The molecule has 0 radical (unpaired) electrons. The fourth-order valence-electron chi connectivity index (χ4n) is 1.83. The molecule has 0 bridgehead atoms. The predicted molar refractivity (Wildman–Crippen MR) is 65.0 cm³/mol. The third-order valence-electron chi connectivity index (χ3n) is 2.87. The summed E-state index contributed by atoms with van der Waals surface area (Å²) in [5.41, 5.74) is 8.88. The van der Waals surface area contributed by atoms with Crippen LogP contribution in [0.3, 0.4) is 0 Å². The van der Waals surface area contributed by atoms with E-state index in [4.69, 9.17) is 5.73 Å². The summed E-state index contributed by atoms with van der Waals surface area (Å²) in [7, 11) is 1.85. The third-order valence-corrected chi connectivity index (χ3v) is 2.87. The van der Waals surface area contributed by atoms with Gasteiger partial charge in [0.15, 0.2) is 0 Å². The van der Waals surface area contributed by atoms with Crippen molar-refractivity contribution in [3.8, 4) is 0 Å². The maximum absolute atomic E-state index is 13.1. The second kappa shape index (κ2) is 4.67. The smallest absolute Gasteiger partial charge is 0.123 e. The molecule has 2 N–H and O–H groups in total. The Morgan fingerprint density at radius 2 is 2.18 bits per heavy atom. The van der Waals surface area contributed by atoms with Crippen LogP contribution < -0.4 is 5.73 Å². The lowest BCUT2D eigenvalue weighted by atomic mass is 10.00. The Kier molecular flexibility index (Phi) is 3.24. The van der Waals surface area contributed by atoms with E-state index in [1.807, 2.05) is 26.2 Å². The van der Waals surface area contributed by atoms with Crippen LogP contribution in [0.2, 0.25) is 0 Å². The largest absolute Gasteiger partial charge is 0.322 e. The first-order chi connectivity index (χ1) is 8.06. The molecule has 1 aromatic carbocycles. The zero-order chi connectivity index (χ0) is 12.4. The van der Waals surface area contributed by atoms with Crippen molar-refractivity contribution in [2.24, 2.45) is 12.8 Å². The van der Waals surface area contributed by atoms with Gasteiger partial charge >= 0.3 is 0 Å². The molecule has 1 aromatic heterocycles. The first-order valence-electron chi connectivity index (χ1n) is 5.56. The normalized spacial score (nSPS) is 12.7. The molecular weight excluding hydrogens is 217 g/mol. The molecule has 0 saturated carbocycles. The summed E-state index contributed by atoms with van der Waals surface area (Å²) in [6.45, 7) is 1.96. The van der Waals surface area contributed by atoms with Crippen LogP contribution in [0, 0.1) is 12.7 Å². The van der Waals surface area contributed by atoms with E-state index in [1.165, 1.54) is 12.1 Å². The second-order valence-corrected chi connectivity index (χ2v) is 4.30. The molecule has 0 amide bonds. The molecule has 2 aromatic rings. The SMILES string of the molecule is Cc1ccc(F)cc1CC(N)c1ccn(C)n1. The summed E-state index contributed by atoms with van der Waals surface area (Å²) in [5, 5.41) is 4.26. The topological polar surface area (TPSA) is 43.8 Å². The maximum Gasteiger partial charge on any atom is 0.123 e. The van der Waals surface area contributed by atoms with E-state index in [1.54, 1.807) is 10.7 Å². The minimum Gasteiger partial charge on any atom is -0.322 e. The van der Waals surface area contributed by atoms with Gasteiger partial charge < -0.3 is 5.73 Å². The summed E-state index contributed by atoms with van der Waals surface area (Å²) in [6, 6.07) is 6.47. The van der Waals surface area contributed by atoms with Gasteiger partial charge in [-0.1, -0.05) is 6.07 Å². The maximum atomic E-state index is 13.1. The van der Waals surface area contributed by atoms with Gasteiger partial charge in [0.25, 0.3) is 0 Å². The highest BCUT2D eigenvalue weighted by atomic mass is 19.1. The molecule has 0 saturated heterocycles. The van der Waals surface area contributed by atoms with Gasteiger partial charge in [-0.3, -0.25) is 4.68 Å². The van der Waals surface area contributed by atoms with Crippen molar-refractivity contribution in [1.82, 2.24) is 9.78 Å². The Balaban J connectivity index is 2.18. The van der Waals surface area contributed by atoms with Crippen LogP contribution in [0.4, 0.5) is 4.39 Å². The highest BCUT2D eigenvalue weighted by molar-refractivity contribution is 5.28. The van der Waals surface area contributed by atoms with Gasteiger partial charge in [-0.05, 0) is 42.7 Å². The van der Waals surface area contributed by atoms with Crippen molar-refractivity contribution in [2.75, 3.05) is 0 Å². The molecular formula is C13H16FN3. The highest BCUT2D eigenvalue weighted by Crippen LogP contribution is 2.18. The number of rotatable bonds is 3. The fraction of sp³-hybridized carbons (Fsp3) is 0.308. The molecule has 0 fully saturated rings. The molecule has 3 nitrogen and oxygen atoms in total.